The van der Waals surface area contributed by atoms with Gasteiger partial charge >= 0.3 is 0 Å². The maximum absolute atomic E-state index is 10.7. The maximum Gasteiger partial charge on any atom is 0.161 e. The summed E-state index contributed by atoms with van der Waals surface area (Å²) in [4.78, 5) is 0. The molecular weight excluding hydrogens is 304 g/mol. The van der Waals surface area contributed by atoms with E-state index in [0.717, 1.165) is 43.2 Å². The largest absolute Gasteiger partial charge is 0.504 e. The average molecular weight is 332 g/mol. The quantitative estimate of drug-likeness (QED) is 0.775. The number of rotatable bonds is 2. The fourth-order valence-corrected chi connectivity index (χ4v) is 5.84. The monoisotopic (exact) mass is 332 g/mol. The molecule has 0 aromatic heterocycles. The van der Waals surface area contributed by atoms with Crippen molar-refractivity contribution in [3.63, 3.8) is 0 Å². The first-order valence-electron chi connectivity index (χ1n) is 9.31. The molecular formula is C20H28O4. The van der Waals surface area contributed by atoms with Crippen molar-refractivity contribution in [3.05, 3.63) is 23.3 Å². The standard InChI is InChI=1S/C20H28O4/c1-3-24-18-10-12-11-6-7-20(2)15(4-5-19(20)23)13(11)8-16(21)14(12)9-17(18)22/h9-11,13,15-16,19,21-23H,3-8H2,1-2H3/t11-,13-,15+,16+,19+,20+/m1/s1. The molecule has 0 bridgehead atoms. The number of phenols is 1. The predicted octanol–water partition coefficient (Wildman–Crippen LogP) is 3.50. The maximum atomic E-state index is 10.7. The summed E-state index contributed by atoms with van der Waals surface area (Å²) >= 11 is 0. The van der Waals surface area contributed by atoms with E-state index in [1.54, 1.807) is 6.07 Å². The Balaban J connectivity index is 1.75. The number of fused-ring (bicyclic) bond motifs is 5. The molecule has 132 valence electrons. The fourth-order valence-electron chi connectivity index (χ4n) is 5.84. The second-order valence-electron chi connectivity index (χ2n) is 8.15. The minimum atomic E-state index is -0.539. The molecule has 0 amide bonds. The Morgan fingerprint density at radius 1 is 1.17 bits per heavy atom. The van der Waals surface area contributed by atoms with E-state index in [0.29, 0.717) is 30.1 Å². The number of ether oxygens (including phenoxy) is 1. The van der Waals surface area contributed by atoms with Gasteiger partial charge in [0.25, 0.3) is 0 Å². The summed E-state index contributed by atoms with van der Waals surface area (Å²) in [7, 11) is 0. The fraction of sp³-hybridized carbons (Fsp3) is 0.700. The number of aliphatic hydroxyl groups is 2. The predicted molar refractivity (Wildman–Crippen MR) is 91.2 cm³/mol. The van der Waals surface area contributed by atoms with Gasteiger partial charge in [-0.2, -0.15) is 0 Å². The Morgan fingerprint density at radius 2 is 1.96 bits per heavy atom. The third-order valence-corrected chi connectivity index (χ3v) is 7.11. The molecule has 3 aliphatic carbocycles. The van der Waals surface area contributed by atoms with Crippen molar-refractivity contribution in [3.8, 4) is 11.5 Å². The lowest BCUT2D eigenvalue weighted by molar-refractivity contribution is -0.0372. The second kappa shape index (κ2) is 5.63. The van der Waals surface area contributed by atoms with Gasteiger partial charge in [0.15, 0.2) is 11.5 Å². The topological polar surface area (TPSA) is 69.9 Å². The van der Waals surface area contributed by atoms with E-state index in [9.17, 15) is 15.3 Å². The summed E-state index contributed by atoms with van der Waals surface area (Å²) in [6.45, 7) is 4.65. The highest BCUT2D eigenvalue weighted by Crippen LogP contribution is 2.62. The summed E-state index contributed by atoms with van der Waals surface area (Å²) in [5.74, 6) is 1.90. The Labute approximate surface area is 143 Å². The molecule has 4 nitrogen and oxygen atoms in total. The van der Waals surface area contributed by atoms with E-state index in [4.69, 9.17) is 4.74 Å². The first kappa shape index (κ1) is 16.2. The summed E-state index contributed by atoms with van der Waals surface area (Å²) in [5.41, 5.74) is 2.00. The van der Waals surface area contributed by atoms with Crippen LogP contribution in [0, 0.1) is 17.3 Å². The van der Waals surface area contributed by atoms with Gasteiger partial charge in [-0.3, -0.25) is 0 Å². The van der Waals surface area contributed by atoms with E-state index >= 15 is 0 Å². The highest BCUT2D eigenvalue weighted by atomic mass is 16.5. The van der Waals surface area contributed by atoms with Crippen molar-refractivity contribution in [1.82, 2.24) is 0 Å². The molecule has 0 spiro atoms. The molecule has 2 fully saturated rings. The van der Waals surface area contributed by atoms with Crippen LogP contribution in [0.25, 0.3) is 0 Å². The van der Waals surface area contributed by atoms with Crippen LogP contribution in [0.1, 0.15) is 69.1 Å². The third kappa shape index (κ3) is 2.19. The van der Waals surface area contributed by atoms with Crippen LogP contribution in [-0.2, 0) is 0 Å². The number of hydrogen-bond donors (Lipinski definition) is 3. The minimum Gasteiger partial charge on any atom is -0.504 e. The number of phenolic OH excluding ortho intramolecular Hbond substituents is 1. The molecule has 3 aliphatic rings. The molecule has 0 saturated heterocycles. The normalized spacial score (nSPS) is 40.6. The SMILES string of the molecule is CCOc1cc2c(cc1O)[C@@H](O)C[C@@H]1[C@@H]2CC[C@]2(C)[C@@H](O)CC[C@@H]12. The van der Waals surface area contributed by atoms with Crippen molar-refractivity contribution in [2.24, 2.45) is 17.3 Å². The van der Waals surface area contributed by atoms with Gasteiger partial charge in [-0.05, 0) is 85.5 Å². The van der Waals surface area contributed by atoms with Crippen molar-refractivity contribution < 1.29 is 20.1 Å². The van der Waals surface area contributed by atoms with Crippen LogP contribution >= 0.6 is 0 Å². The molecule has 0 aliphatic heterocycles. The highest BCUT2D eigenvalue weighted by molar-refractivity contribution is 5.50. The highest BCUT2D eigenvalue weighted by Gasteiger charge is 2.55. The minimum absolute atomic E-state index is 0.00193. The first-order chi connectivity index (χ1) is 11.5. The van der Waals surface area contributed by atoms with Gasteiger partial charge < -0.3 is 20.1 Å². The Bertz CT molecular complexity index is 643. The van der Waals surface area contributed by atoms with Crippen molar-refractivity contribution in [2.75, 3.05) is 6.61 Å². The van der Waals surface area contributed by atoms with E-state index in [2.05, 4.69) is 6.92 Å². The van der Waals surface area contributed by atoms with Gasteiger partial charge in [0.1, 0.15) is 0 Å². The summed E-state index contributed by atoms with van der Waals surface area (Å²) in [6, 6.07) is 3.64. The molecule has 0 radical (unpaired) electrons. The molecule has 0 unspecified atom stereocenters. The Hall–Kier alpha value is -1.26. The van der Waals surface area contributed by atoms with Crippen LogP contribution in [-0.4, -0.2) is 28.0 Å². The number of benzene rings is 1. The van der Waals surface area contributed by atoms with Gasteiger partial charge in [0, 0.05) is 0 Å². The molecule has 2 saturated carbocycles. The van der Waals surface area contributed by atoms with Gasteiger partial charge in [-0.1, -0.05) is 6.92 Å². The zero-order chi connectivity index (χ0) is 17.1. The van der Waals surface area contributed by atoms with Crippen LogP contribution in [0.5, 0.6) is 11.5 Å². The average Bonchev–Trinajstić information content (AvgIpc) is 2.85. The van der Waals surface area contributed by atoms with Crippen molar-refractivity contribution >= 4 is 0 Å². The molecule has 0 heterocycles. The van der Waals surface area contributed by atoms with Crippen molar-refractivity contribution in [2.45, 2.75) is 64.1 Å². The lowest BCUT2D eigenvalue weighted by Crippen LogP contribution is -2.44. The molecule has 4 heteroatoms. The van der Waals surface area contributed by atoms with Gasteiger partial charge in [0.05, 0.1) is 18.8 Å². The van der Waals surface area contributed by atoms with E-state index < -0.39 is 6.10 Å². The number of aliphatic hydroxyl groups excluding tert-OH is 2. The van der Waals surface area contributed by atoms with E-state index in [-0.39, 0.29) is 17.3 Å². The molecule has 24 heavy (non-hydrogen) atoms. The zero-order valence-corrected chi connectivity index (χ0v) is 14.5. The van der Waals surface area contributed by atoms with E-state index in [1.807, 2.05) is 13.0 Å². The van der Waals surface area contributed by atoms with Crippen LogP contribution in [0.4, 0.5) is 0 Å². The van der Waals surface area contributed by atoms with Crippen LogP contribution in [0.2, 0.25) is 0 Å². The summed E-state index contributed by atoms with van der Waals surface area (Å²) < 4.78 is 5.57. The lowest BCUT2D eigenvalue weighted by atomic mass is 9.55. The molecule has 1 aromatic rings. The van der Waals surface area contributed by atoms with Crippen LogP contribution < -0.4 is 4.74 Å². The zero-order valence-electron chi connectivity index (χ0n) is 14.5. The molecule has 6 atom stereocenters. The third-order valence-electron chi connectivity index (χ3n) is 7.11. The summed E-state index contributed by atoms with van der Waals surface area (Å²) in [6.07, 6.45) is 3.98. The summed E-state index contributed by atoms with van der Waals surface area (Å²) in [5, 5.41) is 31.3. The first-order valence-corrected chi connectivity index (χ1v) is 9.31. The Morgan fingerprint density at radius 3 is 2.71 bits per heavy atom. The molecule has 3 N–H and O–H groups in total. The lowest BCUT2D eigenvalue weighted by Gasteiger charge is -2.51. The number of aromatic hydroxyl groups is 1. The van der Waals surface area contributed by atoms with Crippen molar-refractivity contribution in [1.29, 1.82) is 0 Å². The van der Waals surface area contributed by atoms with Gasteiger partial charge in [0.2, 0.25) is 0 Å². The smallest absolute Gasteiger partial charge is 0.161 e. The molecule has 1 aromatic carbocycles. The van der Waals surface area contributed by atoms with Gasteiger partial charge in [-0.25, -0.2) is 0 Å². The van der Waals surface area contributed by atoms with E-state index in [1.165, 1.54) is 0 Å². The Kier molecular flexibility index (Phi) is 3.81. The van der Waals surface area contributed by atoms with Crippen LogP contribution in [0.15, 0.2) is 12.1 Å². The molecule has 4 rings (SSSR count). The van der Waals surface area contributed by atoms with Crippen LogP contribution in [0.3, 0.4) is 0 Å². The second-order valence-corrected chi connectivity index (χ2v) is 8.15. The number of hydrogen-bond acceptors (Lipinski definition) is 4. The van der Waals surface area contributed by atoms with Gasteiger partial charge in [-0.15, -0.1) is 0 Å².